The first-order chi connectivity index (χ1) is 9.80. The lowest BCUT2D eigenvalue weighted by molar-refractivity contribution is -0.128. The molecule has 0 unspecified atom stereocenters. The molecule has 2 aliphatic rings. The molecule has 3 rings (SSSR count). The monoisotopic (exact) mass is 275 g/mol. The molecule has 2 aliphatic heterocycles. The molecule has 0 radical (unpaired) electrons. The highest BCUT2D eigenvalue weighted by Gasteiger charge is 2.38. The molecule has 1 atom stereocenters. The summed E-state index contributed by atoms with van der Waals surface area (Å²) in [4.78, 5) is 12.5. The average molecular weight is 275 g/mol. The molecule has 0 spiro atoms. The van der Waals surface area contributed by atoms with E-state index >= 15 is 0 Å². The van der Waals surface area contributed by atoms with Crippen LogP contribution in [-0.4, -0.2) is 32.3 Å². The first-order valence-corrected chi connectivity index (χ1v) is 7.33. The Kier molecular flexibility index (Phi) is 4.03. The zero-order valence-electron chi connectivity index (χ0n) is 11.6. The van der Waals surface area contributed by atoms with Gasteiger partial charge in [0.1, 0.15) is 0 Å². The zero-order chi connectivity index (χ0) is 13.8. The molecular weight excluding hydrogens is 254 g/mol. The van der Waals surface area contributed by atoms with Crippen LogP contribution in [0.15, 0.2) is 30.3 Å². The van der Waals surface area contributed by atoms with Gasteiger partial charge in [-0.3, -0.25) is 4.79 Å². The summed E-state index contributed by atoms with van der Waals surface area (Å²) in [5.41, 5.74) is 0.898. The van der Waals surface area contributed by atoms with Crippen molar-refractivity contribution in [3.05, 3.63) is 35.9 Å². The van der Waals surface area contributed by atoms with Gasteiger partial charge in [-0.2, -0.15) is 0 Å². The maximum Gasteiger partial charge on any atom is 0.226 e. The third-order valence-electron chi connectivity index (χ3n) is 4.34. The van der Waals surface area contributed by atoms with Crippen LogP contribution in [0, 0.1) is 5.92 Å². The molecule has 4 heteroatoms. The summed E-state index contributed by atoms with van der Waals surface area (Å²) in [5, 5.41) is 3.29. The molecule has 2 saturated heterocycles. The van der Waals surface area contributed by atoms with Crippen LogP contribution in [0.1, 0.15) is 24.8 Å². The van der Waals surface area contributed by atoms with Crippen molar-refractivity contribution < 1.29 is 14.3 Å². The Morgan fingerprint density at radius 1 is 1.10 bits per heavy atom. The van der Waals surface area contributed by atoms with E-state index in [1.54, 1.807) is 0 Å². The molecule has 0 bridgehead atoms. The molecule has 108 valence electrons. The summed E-state index contributed by atoms with van der Waals surface area (Å²) in [6, 6.07) is 10.2. The maximum atomic E-state index is 12.5. The number of ether oxygens (including phenoxy) is 2. The second kappa shape index (κ2) is 5.94. The number of carbonyl (C=O) groups excluding carboxylic acids is 1. The SMILES string of the molecule is O=C(NC1(c2ccccc2)CCOCC1)[C@H]1CCOC1. The number of hydrogen-bond donors (Lipinski definition) is 1. The van der Waals surface area contributed by atoms with Crippen LogP contribution in [0.3, 0.4) is 0 Å². The predicted octanol–water partition coefficient (Wildman–Crippen LogP) is 1.84. The van der Waals surface area contributed by atoms with E-state index in [1.807, 2.05) is 18.2 Å². The molecule has 1 aromatic rings. The normalized spacial score (nSPS) is 25.3. The Morgan fingerprint density at radius 2 is 1.85 bits per heavy atom. The Balaban J connectivity index is 1.80. The number of rotatable bonds is 3. The minimum absolute atomic E-state index is 0.00145. The lowest BCUT2D eigenvalue weighted by Crippen LogP contribution is -2.51. The highest BCUT2D eigenvalue weighted by Crippen LogP contribution is 2.32. The Bertz CT molecular complexity index is 448. The highest BCUT2D eigenvalue weighted by atomic mass is 16.5. The van der Waals surface area contributed by atoms with Crippen LogP contribution < -0.4 is 5.32 Å². The Hall–Kier alpha value is -1.39. The molecule has 2 fully saturated rings. The van der Waals surface area contributed by atoms with Gasteiger partial charge in [-0.15, -0.1) is 0 Å². The third kappa shape index (κ3) is 2.72. The van der Waals surface area contributed by atoms with Crippen LogP contribution in [0.4, 0.5) is 0 Å². The van der Waals surface area contributed by atoms with Gasteiger partial charge in [-0.1, -0.05) is 30.3 Å². The van der Waals surface area contributed by atoms with Crippen LogP contribution in [0.25, 0.3) is 0 Å². The summed E-state index contributed by atoms with van der Waals surface area (Å²) in [5.74, 6) is 0.117. The lowest BCUT2D eigenvalue weighted by atomic mass is 9.82. The molecule has 4 nitrogen and oxygen atoms in total. The Morgan fingerprint density at radius 3 is 2.50 bits per heavy atom. The molecule has 0 aliphatic carbocycles. The Labute approximate surface area is 119 Å². The molecule has 0 aromatic heterocycles. The van der Waals surface area contributed by atoms with Crippen molar-refractivity contribution in [2.24, 2.45) is 5.92 Å². The molecular formula is C16H21NO3. The molecule has 0 saturated carbocycles. The average Bonchev–Trinajstić information content (AvgIpc) is 3.03. The van der Waals surface area contributed by atoms with Crippen molar-refractivity contribution in [1.29, 1.82) is 0 Å². The van der Waals surface area contributed by atoms with Crippen LogP contribution in [0.5, 0.6) is 0 Å². The van der Waals surface area contributed by atoms with Crippen molar-refractivity contribution in [2.75, 3.05) is 26.4 Å². The fraction of sp³-hybridized carbons (Fsp3) is 0.562. The largest absolute Gasteiger partial charge is 0.381 e. The van der Waals surface area contributed by atoms with E-state index in [0.717, 1.165) is 19.3 Å². The van der Waals surface area contributed by atoms with Crippen molar-refractivity contribution >= 4 is 5.91 Å². The molecule has 1 aromatic carbocycles. The van der Waals surface area contributed by atoms with Crippen molar-refractivity contribution in [3.63, 3.8) is 0 Å². The summed E-state index contributed by atoms with van der Waals surface area (Å²) in [6.45, 7) is 2.62. The van der Waals surface area contributed by atoms with Gasteiger partial charge in [0.2, 0.25) is 5.91 Å². The van der Waals surface area contributed by atoms with E-state index in [2.05, 4.69) is 17.4 Å². The van der Waals surface area contributed by atoms with E-state index < -0.39 is 0 Å². The molecule has 2 heterocycles. The smallest absolute Gasteiger partial charge is 0.226 e. The van der Waals surface area contributed by atoms with Gasteiger partial charge in [0.05, 0.1) is 18.1 Å². The van der Waals surface area contributed by atoms with E-state index in [9.17, 15) is 4.79 Å². The molecule has 1 N–H and O–H groups in total. The van der Waals surface area contributed by atoms with Gasteiger partial charge in [-0.25, -0.2) is 0 Å². The van der Waals surface area contributed by atoms with E-state index in [4.69, 9.17) is 9.47 Å². The highest BCUT2D eigenvalue weighted by molar-refractivity contribution is 5.80. The third-order valence-corrected chi connectivity index (χ3v) is 4.34. The van der Waals surface area contributed by atoms with Gasteiger partial charge >= 0.3 is 0 Å². The van der Waals surface area contributed by atoms with Gasteiger partial charge in [0.25, 0.3) is 0 Å². The first-order valence-electron chi connectivity index (χ1n) is 7.33. The van der Waals surface area contributed by atoms with Crippen LogP contribution in [-0.2, 0) is 19.8 Å². The van der Waals surface area contributed by atoms with E-state index in [0.29, 0.717) is 26.4 Å². The van der Waals surface area contributed by atoms with E-state index in [-0.39, 0.29) is 17.4 Å². The molecule has 1 amide bonds. The number of amides is 1. The quantitative estimate of drug-likeness (QED) is 0.915. The fourth-order valence-corrected chi connectivity index (χ4v) is 3.04. The van der Waals surface area contributed by atoms with Crippen molar-refractivity contribution in [2.45, 2.75) is 24.8 Å². The number of benzene rings is 1. The number of hydrogen-bond acceptors (Lipinski definition) is 3. The van der Waals surface area contributed by atoms with Gasteiger partial charge < -0.3 is 14.8 Å². The topological polar surface area (TPSA) is 47.6 Å². The zero-order valence-corrected chi connectivity index (χ0v) is 11.6. The van der Waals surface area contributed by atoms with Crippen molar-refractivity contribution in [3.8, 4) is 0 Å². The maximum absolute atomic E-state index is 12.5. The first kappa shape index (κ1) is 13.6. The standard InChI is InChI=1S/C16H21NO3/c18-15(13-6-9-20-12-13)17-16(7-10-19-11-8-16)14-4-2-1-3-5-14/h1-5,13H,6-12H2,(H,17,18)/t13-/m0/s1. The van der Waals surface area contributed by atoms with E-state index in [1.165, 1.54) is 5.56 Å². The predicted molar refractivity (Wildman–Crippen MR) is 75.2 cm³/mol. The summed E-state index contributed by atoms with van der Waals surface area (Å²) >= 11 is 0. The lowest BCUT2D eigenvalue weighted by Gasteiger charge is -2.39. The number of nitrogens with one attached hydrogen (secondary N) is 1. The van der Waals surface area contributed by atoms with Gasteiger partial charge in [-0.05, 0) is 24.8 Å². The second-order valence-electron chi connectivity index (χ2n) is 5.61. The van der Waals surface area contributed by atoms with Crippen molar-refractivity contribution in [1.82, 2.24) is 5.32 Å². The minimum Gasteiger partial charge on any atom is -0.381 e. The van der Waals surface area contributed by atoms with Crippen LogP contribution >= 0.6 is 0 Å². The second-order valence-corrected chi connectivity index (χ2v) is 5.61. The van der Waals surface area contributed by atoms with Gasteiger partial charge in [0.15, 0.2) is 0 Å². The number of carbonyl (C=O) groups is 1. The summed E-state index contributed by atoms with van der Waals surface area (Å²) in [7, 11) is 0. The minimum atomic E-state index is -0.279. The summed E-state index contributed by atoms with van der Waals surface area (Å²) in [6.07, 6.45) is 2.49. The van der Waals surface area contributed by atoms with Gasteiger partial charge in [0, 0.05) is 19.8 Å². The van der Waals surface area contributed by atoms with Crippen LogP contribution in [0.2, 0.25) is 0 Å². The molecule has 20 heavy (non-hydrogen) atoms. The summed E-state index contributed by atoms with van der Waals surface area (Å²) < 4.78 is 10.8. The fourth-order valence-electron chi connectivity index (χ4n) is 3.04.